The number of carbonyl (C=O) groups is 2. The van der Waals surface area contributed by atoms with Crippen molar-refractivity contribution >= 4 is 17.7 Å². The summed E-state index contributed by atoms with van der Waals surface area (Å²) >= 11 is 0. The van der Waals surface area contributed by atoms with Crippen molar-refractivity contribution < 1.29 is 19.2 Å². The summed E-state index contributed by atoms with van der Waals surface area (Å²) in [5.41, 5.74) is -0.0547. The third-order valence-corrected chi connectivity index (χ3v) is 3.97. The first-order valence-corrected chi connectivity index (χ1v) is 7.94. The quantitative estimate of drug-likeness (QED) is 0.658. The Kier molecular flexibility index (Phi) is 6.11. The Hall–Kier alpha value is -2.64. The van der Waals surface area contributed by atoms with Crippen LogP contribution in [0.2, 0.25) is 0 Å². The topological polar surface area (TPSA) is 102 Å². The molecule has 0 bridgehead atoms. The van der Waals surface area contributed by atoms with E-state index in [2.05, 4.69) is 5.32 Å². The van der Waals surface area contributed by atoms with E-state index < -0.39 is 11.0 Å². The Morgan fingerprint density at radius 2 is 2.04 bits per heavy atom. The number of likely N-dealkylation sites (tertiary alicyclic amines) is 1. The van der Waals surface area contributed by atoms with Gasteiger partial charge in [0.25, 0.3) is 5.69 Å². The summed E-state index contributed by atoms with van der Waals surface area (Å²) in [4.78, 5) is 35.1. The molecule has 0 aliphatic carbocycles. The van der Waals surface area contributed by atoms with Gasteiger partial charge in [-0.15, -0.1) is 0 Å². The molecule has 1 fully saturated rings. The molecule has 1 aromatic carbocycles. The van der Waals surface area contributed by atoms with Crippen molar-refractivity contribution in [3.63, 3.8) is 0 Å². The second-order valence-electron chi connectivity index (χ2n) is 5.73. The van der Waals surface area contributed by atoms with Crippen LogP contribution in [-0.2, 0) is 4.79 Å². The van der Waals surface area contributed by atoms with Crippen LogP contribution in [0.15, 0.2) is 24.3 Å². The minimum absolute atomic E-state index is 0.0242. The molecule has 1 atom stereocenters. The maximum absolute atomic E-state index is 12.4. The van der Waals surface area contributed by atoms with Crippen LogP contribution >= 0.6 is 0 Å². The highest BCUT2D eigenvalue weighted by molar-refractivity contribution is 5.73. The lowest BCUT2D eigenvalue weighted by Gasteiger charge is -2.34. The van der Waals surface area contributed by atoms with Crippen LogP contribution in [0.5, 0.6) is 5.75 Å². The van der Waals surface area contributed by atoms with Gasteiger partial charge in [-0.3, -0.25) is 14.9 Å². The first kappa shape index (κ1) is 17.7. The second kappa shape index (κ2) is 8.28. The standard InChI is InChI=1S/C16H21N3O5/c1-12(20)17-10-9-13-4-2-3-11-18(13)16(21)24-15-7-5-14(6-8-15)19(22)23/h5-8,13H,2-4,9-11H2,1H3,(H,17,20). The number of nitrogens with zero attached hydrogens (tertiary/aromatic N) is 2. The number of benzene rings is 1. The first-order valence-electron chi connectivity index (χ1n) is 7.94. The molecule has 1 N–H and O–H groups in total. The van der Waals surface area contributed by atoms with Crippen LogP contribution in [0, 0.1) is 10.1 Å². The lowest BCUT2D eigenvalue weighted by molar-refractivity contribution is -0.384. The summed E-state index contributed by atoms with van der Waals surface area (Å²) in [6.45, 7) is 2.58. The molecule has 1 saturated heterocycles. The lowest BCUT2D eigenvalue weighted by Crippen LogP contribution is -2.46. The number of piperidine rings is 1. The molecule has 0 saturated carbocycles. The molecule has 0 spiro atoms. The molecule has 8 nitrogen and oxygen atoms in total. The van der Waals surface area contributed by atoms with Crippen molar-refractivity contribution in [3.8, 4) is 5.75 Å². The second-order valence-corrected chi connectivity index (χ2v) is 5.73. The largest absolute Gasteiger partial charge is 0.415 e. The summed E-state index contributed by atoms with van der Waals surface area (Å²) in [5, 5.41) is 13.4. The Morgan fingerprint density at radius 3 is 2.67 bits per heavy atom. The Bertz CT molecular complexity index is 602. The summed E-state index contributed by atoms with van der Waals surface area (Å²) < 4.78 is 5.32. The first-order chi connectivity index (χ1) is 11.5. The predicted molar refractivity (Wildman–Crippen MR) is 86.8 cm³/mol. The molecule has 1 aliphatic rings. The number of carbonyl (C=O) groups excluding carboxylic acids is 2. The van der Waals surface area contributed by atoms with Crippen molar-refractivity contribution in [2.45, 2.75) is 38.6 Å². The van der Waals surface area contributed by atoms with E-state index in [1.54, 1.807) is 4.90 Å². The van der Waals surface area contributed by atoms with Crippen LogP contribution in [0.25, 0.3) is 0 Å². The third kappa shape index (κ3) is 4.94. The highest BCUT2D eigenvalue weighted by Crippen LogP contribution is 2.23. The minimum Gasteiger partial charge on any atom is -0.410 e. The van der Waals surface area contributed by atoms with Crippen molar-refractivity contribution in [2.24, 2.45) is 0 Å². The highest BCUT2D eigenvalue weighted by atomic mass is 16.6. The van der Waals surface area contributed by atoms with Gasteiger partial charge in [-0.25, -0.2) is 4.79 Å². The van der Waals surface area contributed by atoms with Gasteiger partial charge < -0.3 is 15.0 Å². The van der Waals surface area contributed by atoms with Gasteiger partial charge in [0.15, 0.2) is 0 Å². The molecule has 2 rings (SSSR count). The smallest absolute Gasteiger partial charge is 0.410 e. The van der Waals surface area contributed by atoms with Gasteiger partial charge in [-0.2, -0.15) is 0 Å². The van der Waals surface area contributed by atoms with Crippen LogP contribution < -0.4 is 10.1 Å². The highest BCUT2D eigenvalue weighted by Gasteiger charge is 2.28. The number of non-ortho nitro benzene ring substituents is 1. The Labute approximate surface area is 139 Å². The lowest BCUT2D eigenvalue weighted by atomic mass is 10.00. The molecule has 130 valence electrons. The zero-order valence-electron chi connectivity index (χ0n) is 13.6. The number of nitro groups is 1. The van der Waals surface area contributed by atoms with E-state index in [0.29, 0.717) is 19.5 Å². The van der Waals surface area contributed by atoms with Gasteiger partial charge in [0, 0.05) is 38.2 Å². The summed E-state index contributed by atoms with van der Waals surface area (Å²) in [6.07, 6.45) is 3.03. The molecule has 8 heteroatoms. The van der Waals surface area contributed by atoms with Crippen LogP contribution in [0.4, 0.5) is 10.5 Å². The number of ether oxygens (including phenoxy) is 1. The van der Waals surface area contributed by atoms with E-state index in [0.717, 1.165) is 19.3 Å². The van der Waals surface area contributed by atoms with Crippen LogP contribution in [0.3, 0.4) is 0 Å². The fourth-order valence-electron chi connectivity index (χ4n) is 2.75. The number of nitrogens with one attached hydrogen (secondary N) is 1. The maximum atomic E-state index is 12.4. The SMILES string of the molecule is CC(=O)NCCC1CCCCN1C(=O)Oc1ccc([N+](=O)[O-])cc1. The molecule has 0 aromatic heterocycles. The van der Waals surface area contributed by atoms with Crippen molar-refractivity contribution in [3.05, 3.63) is 34.4 Å². The molecular formula is C16H21N3O5. The van der Waals surface area contributed by atoms with Crippen molar-refractivity contribution in [2.75, 3.05) is 13.1 Å². The van der Waals surface area contributed by atoms with Gasteiger partial charge in [-0.1, -0.05) is 0 Å². The molecule has 1 aliphatic heterocycles. The fraction of sp³-hybridized carbons (Fsp3) is 0.500. The number of rotatable bonds is 5. The van der Waals surface area contributed by atoms with E-state index in [9.17, 15) is 19.7 Å². The van der Waals surface area contributed by atoms with E-state index in [-0.39, 0.29) is 23.4 Å². The van der Waals surface area contributed by atoms with E-state index in [1.165, 1.54) is 31.2 Å². The average Bonchev–Trinajstić information content (AvgIpc) is 2.55. The molecule has 24 heavy (non-hydrogen) atoms. The average molecular weight is 335 g/mol. The van der Waals surface area contributed by atoms with Gasteiger partial charge in [0.2, 0.25) is 5.91 Å². The molecular weight excluding hydrogens is 314 g/mol. The summed E-state index contributed by atoms with van der Waals surface area (Å²) in [5.74, 6) is 0.183. The van der Waals surface area contributed by atoms with Gasteiger partial charge >= 0.3 is 6.09 Å². The third-order valence-electron chi connectivity index (χ3n) is 3.97. The van der Waals surface area contributed by atoms with E-state index in [1.807, 2.05) is 0 Å². The van der Waals surface area contributed by atoms with E-state index >= 15 is 0 Å². The van der Waals surface area contributed by atoms with Crippen LogP contribution in [-0.4, -0.2) is 41.0 Å². The molecule has 1 unspecified atom stereocenters. The normalized spacial score (nSPS) is 17.2. The van der Waals surface area contributed by atoms with Gasteiger partial charge in [-0.05, 0) is 37.8 Å². The molecule has 1 heterocycles. The van der Waals surface area contributed by atoms with Crippen molar-refractivity contribution in [1.29, 1.82) is 0 Å². The maximum Gasteiger partial charge on any atom is 0.415 e. The molecule has 1 aromatic rings. The number of amides is 2. The van der Waals surface area contributed by atoms with Gasteiger partial charge in [0.05, 0.1) is 4.92 Å². The predicted octanol–water partition coefficient (Wildman–Crippen LogP) is 2.47. The van der Waals surface area contributed by atoms with Gasteiger partial charge in [0.1, 0.15) is 5.75 Å². The fourth-order valence-corrected chi connectivity index (χ4v) is 2.75. The van der Waals surface area contributed by atoms with Crippen LogP contribution in [0.1, 0.15) is 32.6 Å². The van der Waals surface area contributed by atoms with Crippen molar-refractivity contribution in [1.82, 2.24) is 10.2 Å². The Morgan fingerprint density at radius 1 is 1.33 bits per heavy atom. The molecule has 0 radical (unpaired) electrons. The summed E-state index contributed by atoms with van der Waals surface area (Å²) in [7, 11) is 0. The zero-order valence-corrected chi connectivity index (χ0v) is 13.6. The number of nitro benzene ring substituents is 1. The monoisotopic (exact) mass is 335 g/mol. The minimum atomic E-state index is -0.506. The molecule has 2 amide bonds. The zero-order chi connectivity index (χ0) is 17.5. The number of hydrogen-bond acceptors (Lipinski definition) is 5. The number of hydrogen-bond donors (Lipinski definition) is 1. The Balaban J connectivity index is 1.94. The van der Waals surface area contributed by atoms with E-state index in [4.69, 9.17) is 4.74 Å². The summed E-state index contributed by atoms with van der Waals surface area (Å²) in [6, 6.07) is 5.44.